The molecule has 23 nitrogen and oxygen atoms in total. The van der Waals surface area contributed by atoms with Crippen LogP contribution < -0.4 is 48.7 Å². The van der Waals surface area contributed by atoms with E-state index in [2.05, 4.69) is 37.2 Å². The van der Waals surface area contributed by atoms with E-state index in [9.17, 15) is 63.3 Å². The van der Waals surface area contributed by atoms with Gasteiger partial charge < -0.3 is 68.9 Å². The average Bonchev–Trinajstić information content (AvgIpc) is 3.67. The van der Waals surface area contributed by atoms with Crippen LogP contribution in [-0.4, -0.2) is 152 Å². The maximum atomic E-state index is 14.1. The van der Waals surface area contributed by atoms with E-state index in [0.717, 1.165) is 0 Å². The molecule has 23 heteroatoms. The van der Waals surface area contributed by atoms with Gasteiger partial charge in [0.15, 0.2) is 0 Å². The van der Waals surface area contributed by atoms with Crippen LogP contribution in [0, 0.1) is 23.7 Å². The number of nitrogens with two attached hydrogens (primary N) is 2. The number of rotatable bonds is 25. The third kappa shape index (κ3) is 17.3. The van der Waals surface area contributed by atoms with Gasteiger partial charge in [-0.25, -0.2) is 4.79 Å². The summed E-state index contributed by atoms with van der Waals surface area (Å²) in [6.07, 6.45) is -2.73. The van der Waals surface area contributed by atoms with Gasteiger partial charge in [-0.2, -0.15) is 0 Å². The van der Waals surface area contributed by atoms with Gasteiger partial charge in [-0.1, -0.05) is 55.4 Å². The normalized spacial score (nSPS) is 18.6. The second kappa shape index (κ2) is 25.8. The first kappa shape index (κ1) is 56.6. The van der Waals surface area contributed by atoms with E-state index >= 15 is 0 Å². The van der Waals surface area contributed by atoms with Crippen LogP contribution in [0.1, 0.15) is 102 Å². The molecule has 1 rings (SSSR count). The number of carboxylic acid groups (broad SMARTS) is 1. The summed E-state index contributed by atoms with van der Waals surface area (Å²) in [4.78, 5) is 131. The molecule has 0 bridgehead atoms. The number of amides is 9. The van der Waals surface area contributed by atoms with Gasteiger partial charge in [0.25, 0.3) is 0 Å². The second-order valence-electron chi connectivity index (χ2n) is 17.9. The van der Waals surface area contributed by atoms with Gasteiger partial charge in [-0.15, -0.1) is 0 Å². The van der Waals surface area contributed by atoms with Crippen molar-refractivity contribution in [1.29, 1.82) is 0 Å². The molecule has 0 saturated carbocycles. The third-order valence-corrected chi connectivity index (χ3v) is 10.5. The Bertz CT molecular complexity index is 1690. The van der Waals surface area contributed by atoms with Crippen molar-refractivity contribution in [3.63, 3.8) is 0 Å². The number of carbonyl (C=O) groups excluding carboxylic acids is 9. The van der Waals surface area contributed by atoms with Gasteiger partial charge in [0.2, 0.25) is 53.2 Å². The molecule has 0 spiro atoms. The molecule has 9 amide bonds. The Labute approximate surface area is 374 Å². The van der Waals surface area contributed by atoms with Gasteiger partial charge in [-0.05, 0) is 63.7 Å². The van der Waals surface area contributed by atoms with Crippen LogP contribution in [-0.2, 0) is 47.9 Å². The molecule has 64 heavy (non-hydrogen) atoms. The van der Waals surface area contributed by atoms with E-state index in [-0.39, 0.29) is 25.3 Å². The summed E-state index contributed by atoms with van der Waals surface area (Å²) in [7, 11) is 0. The second-order valence-corrected chi connectivity index (χ2v) is 17.9. The number of carbonyl (C=O) groups is 10. The molecule has 0 aromatic heterocycles. The van der Waals surface area contributed by atoms with Crippen molar-refractivity contribution in [3.8, 4) is 0 Å². The highest BCUT2D eigenvalue weighted by Gasteiger charge is 2.42. The number of likely N-dealkylation sites (tertiary alicyclic amines) is 1. The van der Waals surface area contributed by atoms with Gasteiger partial charge in [0.05, 0.1) is 24.7 Å². The average molecular weight is 913 g/mol. The first-order chi connectivity index (χ1) is 29.5. The van der Waals surface area contributed by atoms with Gasteiger partial charge in [0.1, 0.15) is 48.3 Å². The highest BCUT2D eigenvalue weighted by molar-refractivity contribution is 5.98. The minimum Gasteiger partial charge on any atom is -0.480 e. The molecule has 1 aliphatic heterocycles. The zero-order chi connectivity index (χ0) is 49.5. The molecule has 1 fully saturated rings. The molecule has 0 aromatic rings. The Hall–Kier alpha value is -5.42. The lowest BCUT2D eigenvalue weighted by Crippen LogP contribution is -2.62. The lowest BCUT2D eigenvalue weighted by atomic mass is 9.98. The first-order valence-electron chi connectivity index (χ1n) is 21.6. The van der Waals surface area contributed by atoms with Crippen molar-refractivity contribution >= 4 is 59.1 Å². The van der Waals surface area contributed by atoms with Crippen molar-refractivity contribution in [3.05, 3.63) is 0 Å². The van der Waals surface area contributed by atoms with Crippen molar-refractivity contribution in [1.82, 2.24) is 42.1 Å². The Morgan fingerprint density at radius 1 is 0.578 bits per heavy atom. The summed E-state index contributed by atoms with van der Waals surface area (Å²) in [6, 6.07) is -11.9. The minimum absolute atomic E-state index is 0.0921. The molecule has 1 saturated heterocycles. The molecule has 11 atom stereocenters. The predicted octanol–water partition coefficient (Wildman–Crippen LogP) is -3.55. The summed E-state index contributed by atoms with van der Waals surface area (Å²) in [6.45, 7) is 17.1. The van der Waals surface area contributed by atoms with Gasteiger partial charge >= 0.3 is 5.97 Å². The molecule has 1 aliphatic rings. The van der Waals surface area contributed by atoms with Crippen LogP contribution >= 0.6 is 0 Å². The third-order valence-electron chi connectivity index (χ3n) is 10.5. The minimum atomic E-state index is -1.63. The molecule has 0 aliphatic carbocycles. The van der Waals surface area contributed by atoms with E-state index in [1.165, 1.54) is 25.7 Å². The molecule has 0 radical (unpaired) electrons. The molecular weight excluding hydrogens is 841 g/mol. The number of aliphatic hydroxyl groups excluding tert-OH is 2. The highest BCUT2D eigenvalue weighted by atomic mass is 16.4. The van der Waals surface area contributed by atoms with Gasteiger partial charge in [0, 0.05) is 6.54 Å². The SMILES string of the molecule is CC(C)C[C@H](NC(=O)[C@@H](N)CC(N)=O)C(=O)N[C@H](C(=O)N1CCC[C@H]1C(=O)N[C@H](C(=O)N[C@H](C(=O)N[C@@H](C)C(=O)N[C@H](C(=O)N[C@H](C(=O)O)C(C)C)[C@@H](C)O)C(C)C)[C@@H](C)O)C(C)C. The van der Waals surface area contributed by atoms with E-state index in [1.807, 2.05) is 13.8 Å². The lowest BCUT2D eigenvalue weighted by molar-refractivity contribution is -0.144. The first-order valence-corrected chi connectivity index (χ1v) is 21.6. The van der Waals surface area contributed by atoms with Crippen LogP contribution in [0.5, 0.6) is 0 Å². The van der Waals surface area contributed by atoms with E-state index < -0.39 is 150 Å². The Kier molecular flexibility index (Phi) is 22.8. The largest absolute Gasteiger partial charge is 0.480 e. The highest BCUT2D eigenvalue weighted by Crippen LogP contribution is 2.21. The van der Waals surface area contributed by atoms with Crippen molar-refractivity contribution in [2.24, 2.45) is 35.1 Å². The quantitative estimate of drug-likeness (QED) is 0.0422. The summed E-state index contributed by atoms with van der Waals surface area (Å²) >= 11 is 0. The maximum Gasteiger partial charge on any atom is 0.326 e. The lowest BCUT2D eigenvalue weighted by Gasteiger charge is -2.33. The van der Waals surface area contributed by atoms with Crippen LogP contribution in [0.25, 0.3) is 0 Å². The fraction of sp³-hybridized carbons (Fsp3) is 0.756. The number of nitrogens with zero attached hydrogens (tertiary/aromatic N) is 1. The number of primary amides is 1. The Morgan fingerprint density at radius 3 is 1.48 bits per heavy atom. The molecular formula is C41H72N10O13. The number of carboxylic acids is 1. The number of hydrogen-bond donors (Lipinski definition) is 12. The summed E-state index contributed by atoms with van der Waals surface area (Å²) in [5, 5.41) is 47.5. The van der Waals surface area contributed by atoms with Crippen molar-refractivity contribution in [2.75, 3.05) is 6.54 Å². The maximum absolute atomic E-state index is 14.1. The van der Waals surface area contributed by atoms with E-state index in [4.69, 9.17) is 11.5 Å². The molecule has 0 unspecified atom stereocenters. The molecule has 1 heterocycles. The molecule has 14 N–H and O–H groups in total. The Balaban J connectivity index is 3.16. The monoisotopic (exact) mass is 913 g/mol. The van der Waals surface area contributed by atoms with Crippen molar-refractivity contribution in [2.45, 2.75) is 168 Å². The van der Waals surface area contributed by atoms with Crippen LogP contribution in [0.3, 0.4) is 0 Å². The molecule has 364 valence electrons. The summed E-state index contributed by atoms with van der Waals surface area (Å²) in [5.41, 5.74) is 10.9. The van der Waals surface area contributed by atoms with Crippen LogP contribution in [0.4, 0.5) is 0 Å². The zero-order valence-corrected chi connectivity index (χ0v) is 38.7. The number of nitrogens with one attached hydrogen (secondary N) is 7. The topological polar surface area (TPSA) is 371 Å². The van der Waals surface area contributed by atoms with Gasteiger partial charge in [-0.3, -0.25) is 43.2 Å². The standard InChI is InChI=1S/C41H72N10O13/c1-17(2)15-25(45-34(56)24(42)16-27(43)54)35(57)47-29(19(5)6)40(62)51-14-12-13-26(51)36(58)50-32(23(11)53)38(60)46-28(18(3)4)37(59)44-21(9)33(55)49-31(22(10)52)39(61)48-30(20(7)8)41(63)64/h17-26,28-32,52-53H,12-16,42H2,1-11H3,(H2,43,54)(H,44,59)(H,45,56)(H,46,60)(H,47,57)(H,48,61)(H,49,55)(H,50,58)(H,63,64)/t21-,22+,23+,24-,25-,26-,28-,29-,30-,31-,32-/m0/s1. The van der Waals surface area contributed by atoms with Crippen LogP contribution in [0.15, 0.2) is 0 Å². The number of hydrogen-bond acceptors (Lipinski definition) is 13. The van der Waals surface area contributed by atoms with E-state index in [1.54, 1.807) is 41.5 Å². The summed E-state index contributed by atoms with van der Waals surface area (Å²) < 4.78 is 0. The number of aliphatic carboxylic acids is 1. The number of aliphatic hydroxyl groups is 2. The van der Waals surface area contributed by atoms with Crippen LogP contribution in [0.2, 0.25) is 0 Å². The Morgan fingerprint density at radius 2 is 1.03 bits per heavy atom. The zero-order valence-electron chi connectivity index (χ0n) is 38.7. The van der Waals surface area contributed by atoms with E-state index in [0.29, 0.717) is 6.42 Å². The summed E-state index contributed by atoms with van der Waals surface area (Å²) in [5.74, 6) is -10.5. The predicted molar refractivity (Wildman–Crippen MR) is 231 cm³/mol. The van der Waals surface area contributed by atoms with Crippen molar-refractivity contribution < 1.29 is 63.3 Å². The smallest absolute Gasteiger partial charge is 0.326 e. The fourth-order valence-corrected chi connectivity index (χ4v) is 6.78. The fourth-order valence-electron chi connectivity index (χ4n) is 6.78. The molecule has 0 aromatic carbocycles.